The van der Waals surface area contributed by atoms with Crippen LogP contribution < -0.4 is 10.5 Å². The first-order chi connectivity index (χ1) is 7.97. The van der Waals surface area contributed by atoms with E-state index in [1.807, 2.05) is 25.1 Å². The molecular formula is C14H20ClNO. The standard InChI is InChI=1S/C14H20ClNO/c1-4-14(3)12(16)8-13(14)17-11-6-5-9(2)7-10(11)15/h5-7,12-13H,4,8,16H2,1-3H3. The molecule has 1 aromatic rings. The summed E-state index contributed by atoms with van der Waals surface area (Å²) >= 11 is 6.17. The van der Waals surface area contributed by atoms with Crippen molar-refractivity contribution in [1.29, 1.82) is 0 Å². The summed E-state index contributed by atoms with van der Waals surface area (Å²) in [7, 11) is 0. The van der Waals surface area contributed by atoms with E-state index in [9.17, 15) is 0 Å². The normalized spacial score (nSPS) is 32.1. The fourth-order valence-electron chi connectivity index (χ4n) is 2.37. The summed E-state index contributed by atoms with van der Waals surface area (Å²) in [4.78, 5) is 0. The summed E-state index contributed by atoms with van der Waals surface area (Å²) in [6.07, 6.45) is 2.12. The molecule has 0 aromatic heterocycles. The number of hydrogen-bond acceptors (Lipinski definition) is 2. The zero-order chi connectivity index (χ0) is 12.6. The van der Waals surface area contributed by atoms with Gasteiger partial charge in [0.25, 0.3) is 0 Å². The van der Waals surface area contributed by atoms with Crippen molar-refractivity contribution in [2.45, 2.75) is 45.8 Å². The van der Waals surface area contributed by atoms with Crippen molar-refractivity contribution in [3.63, 3.8) is 0 Å². The summed E-state index contributed by atoms with van der Waals surface area (Å²) < 4.78 is 6.00. The average molecular weight is 254 g/mol. The molecule has 1 aliphatic rings. The first-order valence-electron chi connectivity index (χ1n) is 6.15. The van der Waals surface area contributed by atoms with E-state index in [0.29, 0.717) is 5.02 Å². The number of benzene rings is 1. The second-order valence-corrected chi connectivity index (χ2v) is 5.65. The highest BCUT2D eigenvalue weighted by atomic mass is 35.5. The maximum Gasteiger partial charge on any atom is 0.138 e. The lowest BCUT2D eigenvalue weighted by molar-refractivity contribution is -0.0559. The quantitative estimate of drug-likeness (QED) is 0.894. The number of ether oxygens (including phenoxy) is 1. The van der Waals surface area contributed by atoms with Crippen LogP contribution in [0.4, 0.5) is 0 Å². The Morgan fingerprint density at radius 2 is 2.24 bits per heavy atom. The van der Waals surface area contributed by atoms with Gasteiger partial charge in [-0.25, -0.2) is 0 Å². The van der Waals surface area contributed by atoms with E-state index in [0.717, 1.165) is 24.2 Å². The molecule has 3 heteroatoms. The van der Waals surface area contributed by atoms with Gasteiger partial charge in [0.05, 0.1) is 5.02 Å². The molecule has 1 fully saturated rings. The molecule has 17 heavy (non-hydrogen) atoms. The van der Waals surface area contributed by atoms with Crippen molar-refractivity contribution in [1.82, 2.24) is 0 Å². The lowest BCUT2D eigenvalue weighted by atomic mass is 9.62. The fourth-order valence-corrected chi connectivity index (χ4v) is 2.65. The second-order valence-electron chi connectivity index (χ2n) is 5.24. The minimum absolute atomic E-state index is 0.0776. The van der Waals surface area contributed by atoms with Crippen LogP contribution in [0.1, 0.15) is 32.3 Å². The highest BCUT2D eigenvalue weighted by Gasteiger charge is 2.50. The van der Waals surface area contributed by atoms with Crippen molar-refractivity contribution < 1.29 is 4.74 Å². The van der Waals surface area contributed by atoms with Gasteiger partial charge in [0.15, 0.2) is 0 Å². The van der Waals surface area contributed by atoms with Gasteiger partial charge in [0.2, 0.25) is 0 Å². The Labute approximate surface area is 108 Å². The summed E-state index contributed by atoms with van der Waals surface area (Å²) in [6, 6.07) is 6.13. The van der Waals surface area contributed by atoms with Gasteiger partial charge >= 0.3 is 0 Å². The van der Waals surface area contributed by atoms with Gasteiger partial charge in [-0.2, -0.15) is 0 Å². The van der Waals surface area contributed by atoms with Gasteiger partial charge in [-0.1, -0.05) is 31.5 Å². The van der Waals surface area contributed by atoms with Crippen LogP contribution in [0.25, 0.3) is 0 Å². The molecule has 0 aliphatic heterocycles. The van der Waals surface area contributed by atoms with E-state index in [1.165, 1.54) is 0 Å². The average Bonchev–Trinajstić information content (AvgIpc) is 2.30. The number of rotatable bonds is 3. The van der Waals surface area contributed by atoms with Gasteiger partial charge in [-0.05, 0) is 31.0 Å². The Balaban J connectivity index is 2.12. The molecule has 3 unspecified atom stereocenters. The first-order valence-corrected chi connectivity index (χ1v) is 6.53. The van der Waals surface area contributed by atoms with E-state index in [1.54, 1.807) is 0 Å². The molecule has 1 aromatic carbocycles. The van der Waals surface area contributed by atoms with E-state index in [-0.39, 0.29) is 17.6 Å². The zero-order valence-electron chi connectivity index (χ0n) is 10.7. The predicted molar refractivity (Wildman–Crippen MR) is 71.6 cm³/mol. The highest BCUT2D eigenvalue weighted by Crippen LogP contribution is 2.45. The van der Waals surface area contributed by atoms with Gasteiger partial charge in [0, 0.05) is 17.9 Å². The predicted octanol–water partition coefficient (Wildman–Crippen LogP) is 3.54. The first kappa shape index (κ1) is 12.7. The Morgan fingerprint density at radius 1 is 1.53 bits per heavy atom. The molecule has 0 heterocycles. The van der Waals surface area contributed by atoms with Crippen molar-refractivity contribution in [2.75, 3.05) is 0 Å². The van der Waals surface area contributed by atoms with Crippen LogP contribution in [0.2, 0.25) is 5.02 Å². The van der Waals surface area contributed by atoms with Crippen LogP contribution in [-0.2, 0) is 0 Å². The maximum atomic E-state index is 6.17. The lowest BCUT2D eigenvalue weighted by Gasteiger charge is -2.51. The molecule has 0 saturated heterocycles. The zero-order valence-corrected chi connectivity index (χ0v) is 11.4. The third kappa shape index (κ3) is 2.16. The van der Waals surface area contributed by atoms with Crippen LogP contribution >= 0.6 is 11.6 Å². The van der Waals surface area contributed by atoms with Crippen molar-refractivity contribution >= 4 is 11.6 Å². The largest absolute Gasteiger partial charge is 0.488 e. The topological polar surface area (TPSA) is 35.2 Å². The summed E-state index contributed by atoms with van der Waals surface area (Å²) in [5, 5.41) is 0.684. The summed E-state index contributed by atoms with van der Waals surface area (Å²) in [6.45, 7) is 6.37. The molecule has 1 saturated carbocycles. The number of aryl methyl sites for hydroxylation is 1. The van der Waals surface area contributed by atoms with Gasteiger partial charge in [-0.3, -0.25) is 0 Å². The molecule has 94 valence electrons. The lowest BCUT2D eigenvalue weighted by Crippen LogP contribution is -2.61. The Kier molecular flexibility index (Phi) is 3.37. The number of nitrogens with two attached hydrogens (primary N) is 1. The maximum absolute atomic E-state index is 6.17. The van der Waals surface area contributed by atoms with Crippen LogP contribution in [0, 0.1) is 12.3 Å². The van der Waals surface area contributed by atoms with Crippen LogP contribution in [-0.4, -0.2) is 12.1 Å². The van der Waals surface area contributed by atoms with E-state index >= 15 is 0 Å². The Hall–Kier alpha value is -0.730. The molecule has 0 amide bonds. The highest BCUT2D eigenvalue weighted by molar-refractivity contribution is 6.32. The Bertz CT molecular complexity index is 421. The summed E-state index contributed by atoms with van der Waals surface area (Å²) in [5.74, 6) is 0.772. The van der Waals surface area contributed by atoms with E-state index in [4.69, 9.17) is 22.1 Å². The van der Waals surface area contributed by atoms with Gasteiger partial charge in [-0.15, -0.1) is 0 Å². The van der Waals surface area contributed by atoms with Crippen molar-refractivity contribution in [2.24, 2.45) is 11.1 Å². The molecule has 1 aliphatic carbocycles. The molecule has 3 atom stereocenters. The number of hydrogen-bond donors (Lipinski definition) is 1. The van der Waals surface area contributed by atoms with E-state index < -0.39 is 0 Å². The van der Waals surface area contributed by atoms with Gasteiger partial charge in [0.1, 0.15) is 11.9 Å². The number of halogens is 1. The molecule has 0 spiro atoms. The van der Waals surface area contributed by atoms with Crippen LogP contribution in [0.3, 0.4) is 0 Å². The smallest absolute Gasteiger partial charge is 0.138 e. The monoisotopic (exact) mass is 253 g/mol. The van der Waals surface area contributed by atoms with Crippen LogP contribution in [0.15, 0.2) is 18.2 Å². The third-order valence-corrected chi connectivity index (χ3v) is 4.46. The fraction of sp³-hybridized carbons (Fsp3) is 0.571. The molecular weight excluding hydrogens is 234 g/mol. The molecule has 0 radical (unpaired) electrons. The minimum atomic E-state index is 0.0776. The molecule has 2 nitrogen and oxygen atoms in total. The summed E-state index contributed by atoms with van der Waals surface area (Å²) in [5.41, 5.74) is 7.28. The second kappa shape index (κ2) is 4.51. The van der Waals surface area contributed by atoms with E-state index in [2.05, 4.69) is 13.8 Å². The van der Waals surface area contributed by atoms with Gasteiger partial charge < -0.3 is 10.5 Å². The molecule has 2 N–H and O–H groups in total. The third-order valence-electron chi connectivity index (χ3n) is 4.17. The molecule has 0 bridgehead atoms. The molecule has 2 rings (SSSR count). The Morgan fingerprint density at radius 3 is 2.76 bits per heavy atom. The van der Waals surface area contributed by atoms with Crippen molar-refractivity contribution in [3.8, 4) is 5.75 Å². The minimum Gasteiger partial charge on any atom is -0.488 e. The van der Waals surface area contributed by atoms with Crippen LogP contribution in [0.5, 0.6) is 5.75 Å². The van der Waals surface area contributed by atoms with Crippen molar-refractivity contribution in [3.05, 3.63) is 28.8 Å². The SMILES string of the molecule is CCC1(C)C(N)CC1Oc1ccc(C)cc1Cl.